The molecule has 2 aromatic rings. The summed E-state index contributed by atoms with van der Waals surface area (Å²) in [7, 11) is 1.53. The van der Waals surface area contributed by atoms with Crippen LogP contribution in [0.25, 0.3) is 0 Å². The fourth-order valence-electron chi connectivity index (χ4n) is 2.58. The average molecular weight is 356 g/mol. The number of nitrogens with two attached hydrogens (primary N) is 1. The predicted octanol–water partition coefficient (Wildman–Crippen LogP) is 2.59. The van der Waals surface area contributed by atoms with Crippen LogP contribution >= 0.6 is 0 Å². The van der Waals surface area contributed by atoms with Crippen LogP contribution in [0.15, 0.2) is 48.5 Å². The molecule has 0 saturated carbocycles. The van der Waals surface area contributed by atoms with Crippen molar-refractivity contribution >= 4 is 5.91 Å². The zero-order chi connectivity index (χ0) is 18.9. The first kappa shape index (κ1) is 19.9. The summed E-state index contributed by atoms with van der Waals surface area (Å²) in [5, 5.41) is 2.90. The number of methoxy groups -OCH3 is 1. The molecule has 2 aromatic carbocycles. The van der Waals surface area contributed by atoms with Crippen molar-refractivity contribution in [3.05, 3.63) is 65.2 Å². The predicted molar refractivity (Wildman–Crippen MR) is 103 cm³/mol. The minimum atomic E-state index is -0.639. The minimum absolute atomic E-state index is 0.00951. The van der Waals surface area contributed by atoms with E-state index in [9.17, 15) is 4.79 Å². The number of aryl methyl sites for hydroxylation is 1. The highest BCUT2D eigenvalue weighted by Crippen LogP contribution is 2.15. The molecule has 0 bridgehead atoms. The Hall–Kier alpha value is -2.37. The number of carbonyl (C=O) groups excluding carboxylic acids is 1. The molecule has 0 aliphatic heterocycles. The summed E-state index contributed by atoms with van der Waals surface area (Å²) in [6, 6.07) is 15.6. The van der Waals surface area contributed by atoms with Crippen LogP contribution in [-0.2, 0) is 22.6 Å². The molecular formula is C21H28N2O3. The topological polar surface area (TPSA) is 73.6 Å². The van der Waals surface area contributed by atoms with Crippen molar-refractivity contribution in [3.8, 4) is 5.75 Å². The SMILES string of the molecule is COCC(N)C(=O)NC(C)Cc1ccc(OCc2ccc(C)cc2)cc1. The molecule has 1 amide bonds. The summed E-state index contributed by atoms with van der Waals surface area (Å²) in [4.78, 5) is 11.9. The van der Waals surface area contributed by atoms with E-state index in [2.05, 4.69) is 36.5 Å². The maximum absolute atomic E-state index is 11.9. The Morgan fingerprint density at radius 3 is 2.31 bits per heavy atom. The molecule has 2 rings (SSSR count). The number of rotatable bonds is 9. The summed E-state index contributed by atoms with van der Waals surface area (Å²) in [5.74, 6) is 0.630. The van der Waals surface area contributed by atoms with Gasteiger partial charge in [-0.25, -0.2) is 0 Å². The third kappa shape index (κ3) is 6.50. The molecule has 3 N–H and O–H groups in total. The lowest BCUT2D eigenvalue weighted by molar-refractivity contribution is -0.124. The van der Waals surface area contributed by atoms with Gasteiger partial charge >= 0.3 is 0 Å². The van der Waals surface area contributed by atoms with Gasteiger partial charge in [-0.2, -0.15) is 0 Å². The van der Waals surface area contributed by atoms with Gasteiger partial charge in [-0.15, -0.1) is 0 Å². The maximum Gasteiger partial charge on any atom is 0.239 e. The number of hydrogen-bond donors (Lipinski definition) is 2. The van der Waals surface area contributed by atoms with Gasteiger partial charge < -0.3 is 20.5 Å². The van der Waals surface area contributed by atoms with Gasteiger partial charge in [0.2, 0.25) is 5.91 Å². The minimum Gasteiger partial charge on any atom is -0.489 e. The van der Waals surface area contributed by atoms with Crippen LogP contribution in [0, 0.1) is 6.92 Å². The zero-order valence-electron chi connectivity index (χ0n) is 15.7. The van der Waals surface area contributed by atoms with Crippen molar-refractivity contribution in [1.29, 1.82) is 0 Å². The fourth-order valence-corrected chi connectivity index (χ4v) is 2.58. The normalized spacial score (nSPS) is 13.1. The van der Waals surface area contributed by atoms with Crippen molar-refractivity contribution in [2.24, 2.45) is 5.73 Å². The van der Waals surface area contributed by atoms with Crippen molar-refractivity contribution in [3.63, 3.8) is 0 Å². The molecule has 26 heavy (non-hydrogen) atoms. The highest BCUT2D eigenvalue weighted by atomic mass is 16.5. The first-order valence-electron chi connectivity index (χ1n) is 8.80. The second-order valence-electron chi connectivity index (χ2n) is 6.59. The molecule has 0 fully saturated rings. The molecule has 0 aromatic heterocycles. The first-order chi connectivity index (χ1) is 12.5. The standard InChI is InChI=1S/C21H28N2O3/c1-15-4-6-18(7-5-15)13-26-19-10-8-17(9-11-19)12-16(2)23-21(24)20(22)14-25-3/h4-11,16,20H,12-14,22H2,1-3H3,(H,23,24). The summed E-state index contributed by atoms with van der Waals surface area (Å²) >= 11 is 0. The summed E-state index contributed by atoms with van der Waals surface area (Å²) in [5.41, 5.74) is 9.23. The van der Waals surface area contributed by atoms with Gasteiger partial charge in [-0.05, 0) is 43.5 Å². The highest BCUT2D eigenvalue weighted by molar-refractivity contribution is 5.81. The lowest BCUT2D eigenvalue weighted by Gasteiger charge is -2.17. The van der Waals surface area contributed by atoms with Crippen molar-refractivity contribution in [2.75, 3.05) is 13.7 Å². The maximum atomic E-state index is 11.9. The number of nitrogens with one attached hydrogen (secondary N) is 1. The Bertz CT molecular complexity index is 683. The van der Waals surface area contributed by atoms with Crippen LogP contribution in [0.5, 0.6) is 5.75 Å². The molecule has 0 radical (unpaired) electrons. The molecule has 0 spiro atoms. The fraction of sp³-hybridized carbons (Fsp3) is 0.381. The van der Waals surface area contributed by atoms with Crippen LogP contribution < -0.4 is 15.8 Å². The summed E-state index contributed by atoms with van der Waals surface area (Å²) < 4.78 is 10.7. The first-order valence-corrected chi connectivity index (χ1v) is 8.80. The van der Waals surface area contributed by atoms with E-state index in [1.807, 2.05) is 31.2 Å². The number of benzene rings is 2. The van der Waals surface area contributed by atoms with Crippen molar-refractivity contribution in [1.82, 2.24) is 5.32 Å². The molecular weight excluding hydrogens is 328 g/mol. The monoisotopic (exact) mass is 356 g/mol. The quantitative estimate of drug-likeness (QED) is 0.724. The van der Waals surface area contributed by atoms with E-state index in [-0.39, 0.29) is 18.6 Å². The van der Waals surface area contributed by atoms with Crippen LogP contribution in [0.4, 0.5) is 0 Å². The van der Waals surface area contributed by atoms with Crippen LogP contribution in [0.1, 0.15) is 23.6 Å². The highest BCUT2D eigenvalue weighted by Gasteiger charge is 2.15. The molecule has 0 aliphatic carbocycles. The Morgan fingerprint density at radius 2 is 1.69 bits per heavy atom. The van der Waals surface area contributed by atoms with Gasteiger partial charge in [0.1, 0.15) is 18.4 Å². The average Bonchev–Trinajstić information content (AvgIpc) is 2.62. The molecule has 5 heteroatoms. The Balaban J connectivity index is 1.81. The van der Waals surface area contributed by atoms with Crippen LogP contribution in [0.2, 0.25) is 0 Å². The van der Waals surface area contributed by atoms with E-state index in [1.54, 1.807) is 0 Å². The second-order valence-corrected chi connectivity index (χ2v) is 6.59. The molecule has 140 valence electrons. The van der Waals surface area contributed by atoms with Gasteiger partial charge in [-0.3, -0.25) is 4.79 Å². The zero-order valence-corrected chi connectivity index (χ0v) is 15.7. The Morgan fingerprint density at radius 1 is 1.08 bits per heavy atom. The third-order valence-electron chi connectivity index (χ3n) is 4.06. The number of carbonyl (C=O) groups is 1. The van der Waals surface area contributed by atoms with Gasteiger partial charge in [0.05, 0.1) is 6.61 Å². The molecule has 0 saturated heterocycles. The number of hydrogen-bond acceptors (Lipinski definition) is 4. The largest absolute Gasteiger partial charge is 0.489 e. The van der Waals surface area contributed by atoms with Gasteiger partial charge in [0.25, 0.3) is 0 Å². The van der Waals surface area contributed by atoms with E-state index < -0.39 is 6.04 Å². The summed E-state index contributed by atoms with van der Waals surface area (Å²) in [6.45, 7) is 4.78. The second kappa shape index (κ2) is 9.94. The van der Waals surface area contributed by atoms with E-state index >= 15 is 0 Å². The van der Waals surface area contributed by atoms with Gasteiger partial charge in [0.15, 0.2) is 0 Å². The summed E-state index contributed by atoms with van der Waals surface area (Å²) in [6.07, 6.45) is 0.726. The van der Waals surface area contributed by atoms with Crippen LogP contribution in [0.3, 0.4) is 0 Å². The van der Waals surface area contributed by atoms with Crippen LogP contribution in [-0.4, -0.2) is 31.7 Å². The third-order valence-corrected chi connectivity index (χ3v) is 4.06. The Kier molecular flexibility index (Phi) is 7.63. The van der Waals surface area contributed by atoms with Gasteiger partial charge in [0, 0.05) is 13.2 Å². The number of amides is 1. The lowest BCUT2D eigenvalue weighted by Crippen LogP contribution is -2.47. The molecule has 5 nitrogen and oxygen atoms in total. The van der Waals surface area contributed by atoms with Crippen molar-refractivity contribution in [2.45, 2.75) is 39.0 Å². The Labute approximate surface area is 155 Å². The van der Waals surface area contributed by atoms with Gasteiger partial charge in [-0.1, -0.05) is 42.0 Å². The molecule has 2 unspecified atom stereocenters. The molecule has 0 aliphatic rings. The van der Waals surface area contributed by atoms with Crippen molar-refractivity contribution < 1.29 is 14.3 Å². The molecule has 2 atom stereocenters. The number of ether oxygens (including phenoxy) is 2. The smallest absolute Gasteiger partial charge is 0.239 e. The van der Waals surface area contributed by atoms with E-state index in [4.69, 9.17) is 15.2 Å². The van der Waals surface area contributed by atoms with E-state index in [1.165, 1.54) is 12.7 Å². The van der Waals surface area contributed by atoms with E-state index in [0.717, 1.165) is 23.3 Å². The lowest BCUT2D eigenvalue weighted by atomic mass is 10.1. The van der Waals surface area contributed by atoms with E-state index in [0.29, 0.717) is 6.61 Å². The molecule has 0 heterocycles.